The van der Waals surface area contributed by atoms with Gasteiger partial charge in [0.25, 0.3) is 6.43 Å². The van der Waals surface area contributed by atoms with Crippen molar-refractivity contribution in [2.75, 3.05) is 0 Å². The Morgan fingerprint density at radius 1 is 1.62 bits per heavy atom. The Morgan fingerprint density at radius 3 is 2.69 bits per heavy atom. The van der Waals surface area contributed by atoms with Gasteiger partial charge in [0.1, 0.15) is 16.6 Å². The highest BCUT2D eigenvalue weighted by atomic mass is 79.9. The number of aromatic nitrogens is 1. The second-order valence-corrected chi connectivity index (χ2v) is 3.28. The summed E-state index contributed by atoms with van der Waals surface area (Å²) in [6, 6.07) is 1.41. The van der Waals surface area contributed by atoms with Crippen molar-refractivity contribution in [1.29, 1.82) is 0 Å². The first kappa shape index (κ1) is 10.2. The van der Waals surface area contributed by atoms with Gasteiger partial charge in [0, 0.05) is 5.56 Å². The van der Waals surface area contributed by atoms with Crippen molar-refractivity contribution in [3.63, 3.8) is 0 Å². The molecule has 0 bridgehead atoms. The van der Waals surface area contributed by atoms with E-state index in [0.29, 0.717) is 6.29 Å². The number of aldehydes is 1. The molecule has 0 radical (unpaired) electrons. The van der Waals surface area contributed by atoms with Crippen LogP contribution in [-0.4, -0.2) is 11.3 Å². The maximum absolute atomic E-state index is 12.3. The molecule has 13 heavy (non-hydrogen) atoms. The maximum atomic E-state index is 12.3. The highest BCUT2D eigenvalue weighted by Gasteiger charge is 2.15. The summed E-state index contributed by atoms with van der Waals surface area (Å²) in [5, 5.41) is 0. The van der Waals surface area contributed by atoms with E-state index in [1.165, 1.54) is 13.0 Å². The van der Waals surface area contributed by atoms with Crippen LogP contribution in [-0.2, 0) is 0 Å². The summed E-state index contributed by atoms with van der Waals surface area (Å²) in [6.07, 6.45) is -2.12. The lowest BCUT2D eigenvalue weighted by atomic mass is 10.1. The first-order valence-electron chi connectivity index (χ1n) is 3.46. The number of rotatable bonds is 2. The average Bonchev–Trinajstić information content (AvgIpc) is 2.08. The minimum Gasteiger partial charge on any atom is -0.298 e. The molecule has 1 aromatic heterocycles. The first-order valence-corrected chi connectivity index (χ1v) is 4.26. The van der Waals surface area contributed by atoms with E-state index in [-0.39, 0.29) is 21.4 Å². The van der Waals surface area contributed by atoms with Crippen molar-refractivity contribution in [1.82, 2.24) is 4.98 Å². The molecular weight excluding hydrogens is 244 g/mol. The molecule has 0 aliphatic rings. The molecule has 0 atom stereocenters. The molecule has 0 aliphatic heterocycles. The molecule has 5 heteroatoms. The molecule has 2 nitrogen and oxygen atoms in total. The zero-order valence-electron chi connectivity index (χ0n) is 6.72. The number of pyridine rings is 1. The third-order valence-corrected chi connectivity index (χ3v) is 2.06. The van der Waals surface area contributed by atoms with Gasteiger partial charge in [-0.3, -0.25) is 4.79 Å². The second-order valence-electron chi connectivity index (χ2n) is 2.46. The predicted molar refractivity (Wildman–Crippen MR) is 47.0 cm³/mol. The molecule has 1 rings (SSSR count). The van der Waals surface area contributed by atoms with E-state index in [2.05, 4.69) is 20.9 Å². The van der Waals surface area contributed by atoms with E-state index >= 15 is 0 Å². The largest absolute Gasteiger partial charge is 0.298 e. The summed E-state index contributed by atoms with van der Waals surface area (Å²) in [6.45, 7) is 1.45. The highest BCUT2D eigenvalue weighted by molar-refractivity contribution is 9.10. The van der Waals surface area contributed by atoms with Crippen LogP contribution in [0.25, 0.3) is 0 Å². The van der Waals surface area contributed by atoms with Crippen LogP contribution in [0.15, 0.2) is 10.7 Å². The Morgan fingerprint density at radius 2 is 2.23 bits per heavy atom. The van der Waals surface area contributed by atoms with Gasteiger partial charge in [-0.2, -0.15) is 0 Å². The molecule has 1 aromatic rings. The topological polar surface area (TPSA) is 30.0 Å². The summed E-state index contributed by atoms with van der Waals surface area (Å²) in [4.78, 5) is 14.0. The fourth-order valence-electron chi connectivity index (χ4n) is 0.951. The lowest BCUT2D eigenvalue weighted by Crippen LogP contribution is -1.99. The zero-order valence-corrected chi connectivity index (χ0v) is 8.31. The number of halogens is 3. The van der Waals surface area contributed by atoms with Crippen LogP contribution in [0.2, 0.25) is 0 Å². The van der Waals surface area contributed by atoms with Crippen LogP contribution in [0.1, 0.15) is 28.0 Å². The van der Waals surface area contributed by atoms with Gasteiger partial charge in [0.05, 0.1) is 0 Å². The highest BCUT2D eigenvalue weighted by Crippen LogP contribution is 2.24. The monoisotopic (exact) mass is 249 g/mol. The molecule has 0 saturated heterocycles. The maximum Gasteiger partial charge on any atom is 0.280 e. The minimum atomic E-state index is -2.66. The van der Waals surface area contributed by atoms with Gasteiger partial charge in [0.15, 0.2) is 0 Å². The molecule has 70 valence electrons. The van der Waals surface area contributed by atoms with E-state index < -0.39 is 6.43 Å². The van der Waals surface area contributed by atoms with Crippen LogP contribution < -0.4 is 0 Å². The Bertz CT molecular complexity index is 341. The van der Waals surface area contributed by atoms with Crippen molar-refractivity contribution >= 4 is 22.2 Å². The first-order chi connectivity index (χ1) is 6.06. The average molecular weight is 250 g/mol. The Labute approximate surface area is 82.1 Å². The van der Waals surface area contributed by atoms with Crippen molar-refractivity contribution in [3.8, 4) is 0 Å². The Kier molecular flexibility index (Phi) is 3.08. The molecule has 0 saturated carbocycles. The summed E-state index contributed by atoms with van der Waals surface area (Å²) >= 11 is 2.95. The van der Waals surface area contributed by atoms with E-state index in [1.807, 2.05) is 0 Å². The summed E-state index contributed by atoms with van der Waals surface area (Å²) in [7, 11) is 0. The molecule has 0 amide bonds. The number of alkyl halides is 2. The van der Waals surface area contributed by atoms with Crippen LogP contribution in [0.4, 0.5) is 8.78 Å². The van der Waals surface area contributed by atoms with Gasteiger partial charge >= 0.3 is 0 Å². The quantitative estimate of drug-likeness (QED) is 0.596. The van der Waals surface area contributed by atoms with E-state index in [0.717, 1.165) is 0 Å². The normalized spacial score (nSPS) is 10.5. The van der Waals surface area contributed by atoms with Crippen LogP contribution in [0, 0.1) is 6.92 Å². The standard InChI is InChI=1S/C8H6BrF2NO/c1-4-5(3-13)2-6(9)12-7(4)8(10)11/h2-3,8H,1H3. The van der Waals surface area contributed by atoms with Crippen molar-refractivity contribution in [3.05, 3.63) is 27.5 Å². The van der Waals surface area contributed by atoms with Gasteiger partial charge in [-0.05, 0) is 34.5 Å². The van der Waals surface area contributed by atoms with Crippen molar-refractivity contribution in [2.45, 2.75) is 13.3 Å². The number of nitrogens with zero attached hydrogens (tertiary/aromatic N) is 1. The number of carbonyl (C=O) groups is 1. The van der Waals surface area contributed by atoms with Crippen LogP contribution >= 0.6 is 15.9 Å². The molecule has 0 unspecified atom stereocenters. The lowest BCUT2D eigenvalue weighted by molar-refractivity contribution is 0.112. The van der Waals surface area contributed by atoms with Gasteiger partial charge in [-0.25, -0.2) is 13.8 Å². The van der Waals surface area contributed by atoms with Crippen molar-refractivity contribution < 1.29 is 13.6 Å². The van der Waals surface area contributed by atoms with Crippen LogP contribution in [0.5, 0.6) is 0 Å². The third-order valence-electron chi connectivity index (χ3n) is 1.65. The number of hydrogen-bond donors (Lipinski definition) is 0. The van der Waals surface area contributed by atoms with Gasteiger partial charge < -0.3 is 0 Å². The number of carbonyl (C=O) groups excluding carboxylic acids is 1. The lowest BCUT2D eigenvalue weighted by Gasteiger charge is -2.06. The molecule has 1 heterocycles. The van der Waals surface area contributed by atoms with Crippen molar-refractivity contribution in [2.24, 2.45) is 0 Å². The summed E-state index contributed by atoms with van der Waals surface area (Å²) < 4.78 is 24.9. The van der Waals surface area contributed by atoms with E-state index in [9.17, 15) is 13.6 Å². The minimum absolute atomic E-state index is 0.230. The number of hydrogen-bond acceptors (Lipinski definition) is 2. The Hall–Kier alpha value is -0.840. The molecular formula is C8H6BrF2NO. The summed E-state index contributed by atoms with van der Waals surface area (Å²) in [5.74, 6) is 0. The van der Waals surface area contributed by atoms with E-state index in [1.54, 1.807) is 0 Å². The molecule has 0 fully saturated rings. The van der Waals surface area contributed by atoms with Gasteiger partial charge in [-0.15, -0.1) is 0 Å². The Balaban J connectivity index is 3.35. The third kappa shape index (κ3) is 2.09. The van der Waals surface area contributed by atoms with E-state index in [4.69, 9.17) is 0 Å². The smallest absolute Gasteiger partial charge is 0.280 e. The fraction of sp³-hybridized carbons (Fsp3) is 0.250. The fourth-order valence-corrected chi connectivity index (χ4v) is 1.39. The van der Waals surface area contributed by atoms with Gasteiger partial charge in [-0.1, -0.05) is 0 Å². The van der Waals surface area contributed by atoms with Gasteiger partial charge in [0.2, 0.25) is 0 Å². The molecule has 0 aliphatic carbocycles. The SMILES string of the molecule is Cc1c(C=O)cc(Br)nc1C(F)F. The molecule has 0 aromatic carbocycles. The second kappa shape index (κ2) is 3.91. The van der Waals surface area contributed by atoms with Crippen LogP contribution in [0.3, 0.4) is 0 Å². The molecule has 0 spiro atoms. The zero-order chi connectivity index (χ0) is 10.0. The summed E-state index contributed by atoms with van der Waals surface area (Å²) in [5.41, 5.74) is 0.113. The predicted octanol–water partition coefficient (Wildman–Crippen LogP) is 2.90. The molecule has 0 N–H and O–H groups in total.